The molecule has 0 fully saturated rings. The summed E-state index contributed by atoms with van der Waals surface area (Å²) in [5.74, 6) is -4.07. The SMILES string of the molecule is O.O=C(O)c1cc2ccccc2c(Cc2c([O-])c(C(=O)O)cc3ccccc23)c1[O-]. The third kappa shape index (κ3) is 3.27. The van der Waals surface area contributed by atoms with Gasteiger partial charge in [0.2, 0.25) is 0 Å². The third-order valence-corrected chi connectivity index (χ3v) is 5.02. The maximum Gasteiger partial charge on any atom is 0.335 e. The minimum atomic E-state index is -1.35. The fourth-order valence-corrected chi connectivity index (χ4v) is 3.65. The Bertz CT molecular complexity index is 1210. The quantitative estimate of drug-likeness (QED) is 0.532. The molecule has 0 saturated heterocycles. The predicted molar refractivity (Wildman–Crippen MR) is 107 cm³/mol. The van der Waals surface area contributed by atoms with Gasteiger partial charge in [0.15, 0.2) is 0 Å². The van der Waals surface area contributed by atoms with Gasteiger partial charge in [-0.3, -0.25) is 0 Å². The fourth-order valence-electron chi connectivity index (χ4n) is 3.65. The van der Waals surface area contributed by atoms with Crippen LogP contribution in [-0.4, -0.2) is 27.6 Å². The predicted octanol–water partition coefficient (Wildman–Crippen LogP) is 2.30. The first kappa shape index (κ1) is 20.6. The zero-order chi connectivity index (χ0) is 20.7. The van der Waals surface area contributed by atoms with Gasteiger partial charge in [0.25, 0.3) is 0 Å². The topological polar surface area (TPSA) is 152 Å². The van der Waals surface area contributed by atoms with Gasteiger partial charge in [-0.15, -0.1) is 0 Å². The van der Waals surface area contributed by atoms with E-state index in [0.717, 1.165) is 0 Å². The van der Waals surface area contributed by atoms with Crippen molar-refractivity contribution in [2.75, 3.05) is 0 Å². The van der Waals surface area contributed by atoms with Crippen molar-refractivity contribution in [1.82, 2.24) is 0 Å². The number of aromatic carboxylic acids is 2. The molecule has 7 heteroatoms. The summed E-state index contributed by atoms with van der Waals surface area (Å²) in [6.07, 6.45) is -0.166. The zero-order valence-electron chi connectivity index (χ0n) is 15.5. The van der Waals surface area contributed by atoms with E-state index >= 15 is 0 Å². The van der Waals surface area contributed by atoms with Crippen molar-refractivity contribution < 1.29 is 35.5 Å². The second kappa shape index (κ2) is 7.73. The number of carboxylic acids is 2. The molecule has 0 aliphatic heterocycles. The first-order chi connectivity index (χ1) is 13.9. The van der Waals surface area contributed by atoms with Gasteiger partial charge in [-0.1, -0.05) is 60.0 Å². The van der Waals surface area contributed by atoms with Crippen LogP contribution in [0.25, 0.3) is 21.5 Å². The van der Waals surface area contributed by atoms with Crippen molar-refractivity contribution in [1.29, 1.82) is 0 Å². The largest absolute Gasteiger partial charge is 0.872 e. The van der Waals surface area contributed by atoms with Crippen molar-refractivity contribution in [3.63, 3.8) is 0 Å². The summed E-state index contributed by atoms with van der Waals surface area (Å²) >= 11 is 0. The number of hydrogen-bond acceptors (Lipinski definition) is 4. The van der Waals surface area contributed by atoms with Crippen molar-refractivity contribution in [2.45, 2.75) is 6.42 Å². The van der Waals surface area contributed by atoms with Gasteiger partial charge in [-0.05, 0) is 51.2 Å². The van der Waals surface area contributed by atoms with Gasteiger partial charge in [-0.2, -0.15) is 0 Å². The highest BCUT2D eigenvalue weighted by atomic mass is 16.4. The second-order valence-corrected chi connectivity index (χ2v) is 6.69. The number of benzene rings is 4. The molecule has 152 valence electrons. The highest BCUT2D eigenvalue weighted by Crippen LogP contribution is 2.36. The normalized spacial score (nSPS) is 10.7. The van der Waals surface area contributed by atoms with Crippen LogP contribution in [0.4, 0.5) is 0 Å². The van der Waals surface area contributed by atoms with E-state index in [9.17, 15) is 30.0 Å². The molecule has 0 aliphatic rings. The van der Waals surface area contributed by atoms with E-state index in [4.69, 9.17) is 0 Å². The molecule has 0 heterocycles. The summed E-state index contributed by atoms with van der Waals surface area (Å²) in [7, 11) is 0. The number of fused-ring (bicyclic) bond motifs is 2. The highest BCUT2D eigenvalue weighted by molar-refractivity contribution is 6.02. The van der Waals surface area contributed by atoms with E-state index in [2.05, 4.69) is 0 Å². The molecule has 0 saturated carbocycles. The lowest BCUT2D eigenvalue weighted by molar-refractivity contribution is -0.270. The summed E-state index contributed by atoms with van der Waals surface area (Å²) in [6, 6.07) is 16.3. The van der Waals surface area contributed by atoms with Crippen LogP contribution in [0.15, 0.2) is 60.7 Å². The molecule has 4 aromatic carbocycles. The molecule has 4 rings (SSSR count). The molecule has 0 bridgehead atoms. The molecule has 7 nitrogen and oxygen atoms in total. The lowest BCUT2D eigenvalue weighted by atomic mass is 9.90. The third-order valence-electron chi connectivity index (χ3n) is 5.02. The van der Waals surface area contributed by atoms with Crippen molar-refractivity contribution in [3.8, 4) is 11.5 Å². The Hall–Kier alpha value is -4.10. The van der Waals surface area contributed by atoms with E-state index in [1.165, 1.54) is 12.1 Å². The van der Waals surface area contributed by atoms with Crippen molar-refractivity contribution in [2.24, 2.45) is 0 Å². The van der Waals surface area contributed by atoms with E-state index < -0.39 is 23.4 Å². The summed E-state index contributed by atoms with van der Waals surface area (Å²) in [5, 5.41) is 46.8. The Morgan fingerprint density at radius 2 is 1.07 bits per heavy atom. The van der Waals surface area contributed by atoms with Crippen LogP contribution in [-0.2, 0) is 6.42 Å². The number of carbonyl (C=O) groups is 2. The molecule has 4 N–H and O–H groups in total. The average Bonchev–Trinajstić information content (AvgIpc) is 2.70. The number of hydrogen-bond donors (Lipinski definition) is 2. The Kier molecular flexibility index (Phi) is 5.31. The summed E-state index contributed by atoms with van der Waals surface area (Å²) < 4.78 is 0. The smallest absolute Gasteiger partial charge is 0.335 e. The van der Waals surface area contributed by atoms with Crippen LogP contribution in [0.3, 0.4) is 0 Å². The minimum absolute atomic E-state index is 0. The van der Waals surface area contributed by atoms with Gasteiger partial charge in [0.1, 0.15) is 0 Å². The molecule has 4 aromatic rings. The summed E-state index contributed by atoms with van der Waals surface area (Å²) in [5.41, 5.74) is -0.453. The number of carboxylic acid groups (broad SMARTS) is 2. The Morgan fingerprint density at radius 1 is 0.700 bits per heavy atom. The first-order valence-electron chi connectivity index (χ1n) is 8.78. The maximum atomic E-state index is 12.9. The average molecular weight is 404 g/mol. The van der Waals surface area contributed by atoms with Gasteiger partial charge >= 0.3 is 11.9 Å². The van der Waals surface area contributed by atoms with Crippen LogP contribution < -0.4 is 10.2 Å². The fraction of sp³-hybridized carbons (Fsp3) is 0.0435. The van der Waals surface area contributed by atoms with Crippen molar-refractivity contribution >= 4 is 33.5 Å². The Labute approximate surface area is 170 Å². The Balaban J connectivity index is 0.00000256. The van der Waals surface area contributed by atoms with E-state index in [-0.39, 0.29) is 34.2 Å². The van der Waals surface area contributed by atoms with E-state index in [1.807, 2.05) is 0 Å². The molecular weight excluding hydrogens is 388 g/mol. The number of rotatable bonds is 4. The van der Waals surface area contributed by atoms with Gasteiger partial charge < -0.3 is 25.9 Å². The van der Waals surface area contributed by atoms with E-state index in [0.29, 0.717) is 21.5 Å². The standard InChI is InChI=1S/C23H16O6.H2O/c24-20-16(14-7-3-1-5-12(14)9-18(20)22(26)27)11-17-15-8-4-2-6-13(15)10-19(21(17)25)23(28)29;/h1-10,24-25H,11H2,(H,26,27)(H,28,29);1H2/p-2. The molecule has 0 unspecified atom stereocenters. The van der Waals surface area contributed by atoms with Gasteiger partial charge in [0.05, 0.1) is 11.1 Å². The zero-order valence-corrected chi connectivity index (χ0v) is 15.5. The maximum absolute atomic E-state index is 12.9. The summed E-state index contributed by atoms with van der Waals surface area (Å²) in [4.78, 5) is 23.1. The molecule has 0 amide bonds. The monoisotopic (exact) mass is 404 g/mol. The molecule has 30 heavy (non-hydrogen) atoms. The minimum Gasteiger partial charge on any atom is -0.872 e. The van der Waals surface area contributed by atoms with Crippen LogP contribution >= 0.6 is 0 Å². The van der Waals surface area contributed by atoms with Crippen LogP contribution in [0.5, 0.6) is 11.5 Å². The molecule has 0 aromatic heterocycles. The molecule has 0 aliphatic carbocycles. The Morgan fingerprint density at radius 3 is 1.43 bits per heavy atom. The summed E-state index contributed by atoms with van der Waals surface area (Å²) in [6.45, 7) is 0. The first-order valence-corrected chi connectivity index (χ1v) is 8.78. The second-order valence-electron chi connectivity index (χ2n) is 6.69. The lowest BCUT2D eigenvalue weighted by Gasteiger charge is -2.24. The van der Waals surface area contributed by atoms with E-state index in [1.54, 1.807) is 48.5 Å². The molecule has 0 spiro atoms. The molecular formula is C23H16O7-2. The molecule has 0 radical (unpaired) electrons. The lowest BCUT2D eigenvalue weighted by Crippen LogP contribution is -2.11. The van der Waals surface area contributed by atoms with Crippen molar-refractivity contribution in [3.05, 3.63) is 82.9 Å². The highest BCUT2D eigenvalue weighted by Gasteiger charge is 2.16. The van der Waals surface area contributed by atoms with Crippen LogP contribution in [0.1, 0.15) is 31.8 Å². The van der Waals surface area contributed by atoms with Crippen LogP contribution in [0, 0.1) is 0 Å². The van der Waals surface area contributed by atoms with Crippen LogP contribution in [0.2, 0.25) is 0 Å². The van der Waals surface area contributed by atoms with Gasteiger partial charge in [0, 0.05) is 0 Å². The molecule has 0 atom stereocenters. The van der Waals surface area contributed by atoms with Gasteiger partial charge in [-0.25, -0.2) is 9.59 Å².